The average Bonchev–Trinajstić information content (AvgIpc) is 3.40. The number of anilines is 1. The van der Waals surface area contributed by atoms with E-state index in [1.165, 1.54) is 0 Å². The van der Waals surface area contributed by atoms with Crippen molar-refractivity contribution >= 4 is 11.7 Å². The third-order valence-corrected chi connectivity index (χ3v) is 5.23. The second kappa shape index (κ2) is 7.84. The number of aromatic nitrogens is 3. The third-order valence-electron chi connectivity index (χ3n) is 5.23. The summed E-state index contributed by atoms with van der Waals surface area (Å²) in [6, 6.07) is 14.0. The molecule has 0 spiro atoms. The quantitative estimate of drug-likeness (QED) is 0.686. The summed E-state index contributed by atoms with van der Waals surface area (Å²) in [6.45, 7) is 2.34. The minimum absolute atomic E-state index is 0.0305. The Balaban J connectivity index is 1.67. The van der Waals surface area contributed by atoms with E-state index in [1.54, 1.807) is 11.1 Å². The van der Waals surface area contributed by atoms with Gasteiger partial charge in [0.2, 0.25) is 0 Å². The van der Waals surface area contributed by atoms with E-state index in [-0.39, 0.29) is 5.91 Å². The SMILES string of the molecule is CN(Cc1nccn1C)C(=O)c1ccc(-c2ccccc2)nc1N1CCCC1. The van der Waals surface area contributed by atoms with Crippen LogP contribution >= 0.6 is 0 Å². The number of benzene rings is 1. The molecule has 3 heterocycles. The minimum atomic E-state index is -0.0305. The Labute approximate surface area is 165 Å². The summed E-state index contributed by atoms with van der Waals surface area (Å²) in [5, 5.41) is 0. The molecular formula is C22H25N5O. The van der Waals surface area contributed by atoms with Crippen LogP contribution < -0.4 is 4.90 Å². The van der Waals surface area contributed by atoms with Crippen LogP contribution in [0, 0.1) is 0 Å². The molecule has 1 aliphatic rings. The van der Waals surface area contributed by atoms with E-state index < -0.39 is 0 Å². The molecule has 1 fully saturated rings. The van der Waals surface area contributed by atoms with Gasteiger partial charge >= 0.3 is 0 Å². The first-order chi connectivity index (χ1) is 13.6. The van der Waals surface area contributed by atoms with Gasteiger partial charge in [-0.2, -0.15) is 0 Å². The highest BCUT2D eigenvalue weighted by Crippen LogP contribution is 2.28. The molecule has 0 atom stereocenters. The molecule has 2 aromatic heterocycles. The second-order valence-corrected chi connectivity index (χ2v) is 7.24. The maximum Gasteiger partial charge on any atom is 0.257 e. The minimum Gasteiger partial charge on any atom is -0.356 e. The fourth-order valence-corrected chi connectivity index (χ4v) is 3.59. The highest BCUT2D eigenvalue weighted by Gasteiger charge is 2.24. The van der Waals surface area contributed by atoms with Crippen LogP contribution in [-0.2, 0) is 13.6 Å². The monoisotopic (exact) mass is 375 g/mol. The van der Waals surface area contributed by atoms with Crippen LogP contribution in [0.2, 0.25) is 0 Å². The average molecular weight is 375 g/mol. The summed E-state index contributed by atoms with van der Waals surface area (Å²) in [4.78, 5) is 26.4. The number of carbonyl (C=O) groups is 1. The normalized spacial score (nSPS) is 13.7. The van der Waals surface area contributed by atoms with E-state index in [4.69, 9.17) is 4.98 Å². The molecule has 3 aromatic rings. The standard InChI is InChI=1S/C22H25N5O/c1-25-15-12-23-20(25)16-26(2)22(28)18-10-11-19(17-8-4-3-5-9-17)24-21(18)27-13-6-7-14-27/h3-5,8-12,15H,6-7,13-14,16H2,1-2H3. The van der Waals surface area contributed by atoms with Crippen molar-refractivity contribution in [2.45, 2.75) is 19.4 Å². The Morgan fingerprint density at radius 3 is 2.54 bits per heavy atom. The van der Waals surface area contributed by atoms with Crippen molar-refractivity contribution in [3.05, 3.63) is 66.2 Å². The molecule has 1 saturated heterocycles. The topological polar surface area (TPSA) is 54.3 Å². The first-order valence-electron chi connectivity index (χ1n) is 9.66. The summed E-state index contributed by atoms with van der Waals surface area (Å²) in [6.07, 6.45) is 5.90. The number of imidazole rings is 1. The van der Waals surface area contributed by atoms with Gasteiger partial charge in [-0.3, -0.25) is 4.79 Å². The lowest BCUT2D eigenvalue weighted by molar-refractivity contribution is 0.0781. The van der Waals surface area contributed by atoms with Crippen molar-refractivity contribution in [1.82, 2.24) is 19.4 Å². The van der Waals surface area contributed by atoms with E-state index >= 15 is 0 Å². The first-order valence-corrected chi connectivity index (χ1v) is 9.66. The zero-order valence-corrected chi connectivity index (χ0v) is 16.4. The molecule has 6 nitrogen and oxygen atoms in total. The van der Waals surface area contributed by atoms with E-state index in [1.807, 2.05) is 67.3 Å². The number of carbonyl (C=O) groups excluding carboxylic acids is 1. The van der Waals surface area contributed by atoms with Gasteiger partial charge in [-0.15, -0.1) is 0 Å². The molecule has 1 aliphatic heterocycles. The van der Waals surface area contributed by atoms with Crippen LogP contribution in [0.1, 0.15) is 29.0 Å². The number of hydrogen-bond acceptors (Lipinski definition) is 4. The van der Waals surface area contributed by atoms with Gasteiger partial charge in [0.15, 0.2) is 0 Å². The van der Waals surface area contributed by atoms with Crippen molar-refractivity contribution in [1.29, 1.82) is 0 Å². The molecule has 0 radical (unpaired) electrons. The number of hydrogen-bond donors (Lipinski definition) is 0. The summed E-state index contributed by atoms with van der Waals surface area (Å²) < 4.78 is 1.93. The van der Waals surface area contributed by atoms with Gasteiger partial charge in [-0.05, 0) is 25.0 Å². The molecule has 0 unspecified atom stereocenters. The summed E-state index contributed by atoms with van der Waals surface area (Å²) in [7, 11) is 3.75. The number of aryl methyl sites for hydroxylation is 1. The largest absolute Gasteiger partial charge is 0.356 e. The van der Waals surface area contributed by atoms with Crippen molar-refractivity contribution in [2.75, 3.05) is 25.0 Å². The first kappa shape index (κ1) is 18.2. The lowest BCUT2D eigenvalue weighted by Crippen LogP contribution is -2.30. The Kier molecular flexibility index (Phi) is 5.10. The highest BCUT2D eigenvalue weighted by molar-refractivity contribution is 5.99. The molecular weight excluding hydrogens is 350 g/mol. The predicted molar refractivity (Wildman–Crippen MR) is 110 cm³/mol. The molecule has 28 heavy (non-hydrogen) atoms. The fourth-order valence-electron chi connectivity index (χ4n) is 3.59. The van der Waals surface area contributed by atoms with Gasteiger partial charge in [0.1, 0.15) is 11.6 Å². The van der Waals surface area contributed by atoms with E-state index in [2.05, 4.69) is 9.88 Å². The predicted octanol–water partition coefficient (Wildman–Crippen LogP) is 3.35. The van der Waals surface area contributed by atoms with Gasteiger partial charge in [-0.25, -0.2) is 9.97 Å². The molecule has 0 bridgehead atoms. The molecule has 144 valence electrons. The van der Waals surface area contributed by atoms with Crippen LogP contribution in [0.4, 0.5) is 5.82 Å². The maximum absolute atomic E-state index is 13.2. The molecule has 4 rings (SSSR count). The van der Waals surface area contributed by atoms with Gasteiger partial charge < -0.3 is 14.4 Å². The number of pyridine rings is 1. The Bertz CT molecular complexity index is 960. The third kappa shape index (κ3) is 3.63. The molecule has 0 N–H and O–H groups in total. The van der Waals surface area contributed by atoms with Crippen molar-refractivity contribution in [3.8, 4) is 11.3 Å². The summed E-state index contributed by atoms with van der Waals surface area (Å²) in [5.74, 6) is 1.61. The van der Waals surface area contributed by atoms with Gasteiger partial charge in [0.25, 0.3) is 5.91 Å². The number of rotatable bonds is 5. The molecule has 1 aromatic carbocycles. The Morgan fingerprint density at radius 1 is 1.11 bits per heavy atom. The van der Waals surface area contributed by atoms with Gasteiger partial charge in [0.05, 0.1) is 17.8 Å². The van der Waals surface area contributed by atoms with Gasteiger partial charge in [0, 0.05) is 45.1 Å². The maximum atomic E-state index is 13.2. The van der Waals surface area contributed by atoms with Crippen LogP contribution in [0.5, 0.6) is 0 Å². The smallest absolute Gasteiger partial charge is 0.257 e. The molecule has 6 heteroatoms. The van der Waals surface area contributed by atoms with Crippen molar-refractivity contribution in [3.63, 3.8) is 0 Å². The van der Waals surface area contributed by atoms with Crippen molar-refractivity contribution in [2.24, 2.45) is 7.05 Å². The van der Waals surface area contributed by atoms with Crippen molar-refractivity contribution < 1.29 is 4.79 Å². The number of nitrogens with zero attached hydrogens (tertiary/aromatic N) is 5. The van der Waals surface area contributed by atoms with Gasteiger partial charge in [-0.1, -0.05) is 30.3 Å². The number of amides is 1. The summed E-state index contributed by atoms with van der Waals surface area (Å²) >= 11 is 0. The van der Waals surface area contributed by atoms with Crippen LogP contribution in [0.25, 0.3) is 11.3 Å². The van der Waals surface area contributed by atoms with Crippen LogP contribution in [-0.4, -0.2) is 45.5 Å². The lowest BCUT2D eigenvalue weighted by atomic mass is 10.1. The molecule has 1 amide bonds. The van der Waals surface area contributed by atoms with Crippen LogP contribution in [0.3, 0.4) is 0 Å². The van der Waals surface area contributed by atoms with E-state index in [9.17, 15) is 4.79 Å². The van der Waals surface area contributed by atoms with E-state index in [0.29, 0.717) is 12.1 Å². The highest BCUT2D eigenvalue weighted by atomic mass is 16.2. The fraction of sp³-hybridized carbons (Fsp3) is 0.318. The zero-order chi connectivity index (χ0) is 19.5. The van der Waals surface area contributed by atoms with Crippen LogP contribution in [0.15, 0.2) is 54.9 Å². The molecule has 0 aliphatic carbocycles. The second-order valence-electron chi connectivity index (χ2n) is 7.24. The molecule has 0 saturated carbocycles. The summed E-state index contributed by atoms with van der Waals surface area (Å²) in [5.41, 5.74) is 2.60. The Morgan fingerprint density at radius 2 is 1.86 bits per heavy atom. The lowest BCUT2D eigenvalue weighted by Gasteiger charge is -2.23. The Hall–Kier alpha value is -3.15. The zero-order valence-electron chi connectivity index (χ0n) is 16.4. The van der Waals surface area contributed by atoms with E-state index in [0.717, 1.165) is 48.8 Å².